The molecule has 5 nitrogen and oxygen atoms in total. The van der Waals surface area contributed by atoms with Crippen molar-refractivity contribution in [2.24, 2.45) is 0 Å². The molecule has 0 radical (unpaired) electrons. The fraction of sp³-hybridized carbons (Fsp3) is 0.412. The van der Waals surface area contributed by atoms with Crippen molar-refractivity contribution in [3.05, 3.63) is 82.9 Å². The number of likely N-dealkylation sites (tertiary alicyclic amines) is 1. The van der Waals surface area contributed by atoms with E-state index >= 15 is 0 Å². The molecule has 6 heteroatoms. The first-order chi connectivity index (χ1) is 19.7. The minimum atomic E-state index is 0.695. The molecule has 6 rings (SSSR count). The molecule has 40 heavy (non-hydrogen) atoms. The van der Waals surface area contributed by atoms with E-state index in [-0.39, 0.29) is 0 Å². The number of morpholine rings is 1. The van der Waals surface area contributed by atoms with Crippen LogP contribution in [0.25, 0.3) is 20.5 Å². The molecule has 2 aliphatic rings. The number of methoxy groups -OCH3 is 1. The minimum Gasteiger partial charge on any atom is -0.497 e. The van der Waals surface area contributed by atoms with Gasteiger partial charge in [0.2, 0.25) is 0 Å². The average molecular weight is 557 g/mol. The van der Waals surface area contributed by atoms with Crippen LogP contribution in [0, 0.1) is 6.92 Å². The zero-order valence-corrected chi connectivity index (χ0v) is 24.6. The van der Waals surface area contributed by atoms with Crippen molar-refractivity contribution in [1.82, 2.24) is 9.80 Å². The lowest BCUT2D eigenvalue weighted by molar-refractivity contribution is 0.0322. The maximum atomic E-state index is 6.09. The molecule has 2 aliphatic heterocycles. The summed E-state index contributed by atoms with van der Waals surface area (Å²) in [6, 6.07) is 22.2. The molecule has 1 aromatic heterocycles. The summed E-state index contributed by atoms with van der Waals surface area (Å²) in [5.74, 6) is 1.82. The predicted molar refractivity (Wildman–Crippen MR) is 165 cm³/mol. The van der Waals surface area contributed by atoms with Gasteiger partial charge < -0.3 is 14.2 Å². The van der Waals surface area contributed by atoms with E-state index in [1.807, 2.05) is 11.3 Å². The molecule has 0 amide bonds. The Hall–Kier alpha value is -2.90. The smallest absolute Gasteiger partial charge is 0.120 e. The van der Waals surface area contributed by atoms with Gasteiger partial charge in [0.25, 0.3) is 0 Å². The van der Waals surface area contributed by atoms with Gasteiger partial charge in [0, 0.05) is 35.8 Å². The van der Waals surface area contributed by atoms with Crippen LogP contribution in [-0.4, -0.2) is 69.5 Å². The van der Waals surface area contributed by atoms with Crippen molar-refractivity contribution in [2.45, 2.75) is 32.7 Å². The van der Waals surface area contributed by atoms with Gasteiger partial charge in [0.1, 0.15) is 18.1 Å². The Morgan fingerprint density at radius 2 is 1.62 bits per heavy atom. The Kier molecular flexibility index (Phi) is 8.68. The number of hydrogen-bond acceptors (Lipinski definition) is 6. The molecule has 4 aromatic rings. The van der Waals surface area contributed by atoms with Gasteiger partial charge >= 0.3 is 0 Å². The molecule has 3 aromatic carbocycles. The monoisotopic (exact) mass is 556 g/mol. The number of ether oxygens (including phenoxy) is 3. The first-order valence-corrected chi connectivity index (χ1v) is 15.4. The highest BCUT2D eigenvalue weighted by Crippen LogP contribution is 2.41. The lowest BCUT2D eigenvalue weighted by Crippen LogP contribution is -2.38. The molecule has 210 valence electrons. The Balaban J connectivity index is 1.22. The molecule has 0 aliphatic carbocycles. The number of thiophene rings is 1. The number of rotatable bonds is 10. The van der Waals surface area contributed by atoms with E-state index in [0.29, 0.717) is 6.61 Å². The van der Waals surface area contributed by atoms with Crippen molar-refractivity contribution >= 4 is 21.4 Å². The van der Waals surface area contributed by atoms with Crippen LogP contribution in [0.5, 0.6) is 11.5 Å². The Morgan fingerprint density at radius 3 is 2.38 bits per heavy atom. The molecule has 0 unspecified atom stereocenters. The number of aryl methyl sites for hydroxylation is 1. The molecule has 0 bridgehead atoms. The van der Waals surface area contributed by atoms with Crippen LogP contribution in [0.1, 0.15) is 35.1 Å². The highest BCUT2D eigenvalue weighted by atomic mass is 32.1. The number of nitrogens with zero attached hydrogens (tertiary/aromatic N) is 2. The van der Waals surface area contributed by atoms with E-state index in [4.69, 9.17) is 14.2 Å². The minimum absolute atomic E-state index is 0.695. The summed E-state index contributed by atoms with van der Waals surface area (Å²) in [6.45, 7) is 11.0. The third-order valence-corrected chi connectivity index (χ3v) is 9.52. The summed E-state index contributed by atoms with van der Waals surface area (Å²) in [7, 11) is 1.74. The van der Waals surface area contributed by atoms with Gasteiger partial charge in [-0.15, -0.1) is 11.3 Å². The van der Waals surface area contributed by atoms with E-state index in [1.165, 1.54) is 68.7 Å². The molecule has 2 saturated heterocycles. The summed E-state index contributed by atoms with van der Waals surface area (Å²) < 4.78 is 18.3. The number of fused-ring (bicyclic) bond motifs is 1. The van der Waals surface area contributed by atoms with Gasteiger partial charge in [-0.1, -0.05) is 18.2 Å². The Bertz CT molecular complexity index is 1420. The normalized spacial score (nSPS) is 16.6. The lowest BCUT2D eigenvalue weighted by atomic mass is 9.96. The summed E-state index contributed by atoms with van der Waals surface area (Å²) in [5, 5.41) is 1.31. The van der Waals surface area contributed by atoms with Crippen molar-refractivity contribution < 1.29 is 14.2 Å². The standard InChI is InChI=1S/C34H40N2O3S/c1-25-21-26(5-6-28(25)24-36-13-3-4-14-36)22-32-31-12-11-30(37-2)23-33(31)40-34(32)27-7-9-29(10-8-27)39-20-17-35-15-18-38-19-16-35/h5-12,21,23H,3-4,13-20,22,24H2,1-2H3. The third-order valence-electron chi connectivity index (χ3n) is 8.28. The third kappa shape index (κ3) is 6.36. The van der Waals surface area contributed by atoms with Crippen molar-refractivity contribution in [3.8, 4) is 21.9 Å². The molecule has 0 atom stereocenters. The second kappa shape index (κ2) is 12.7. The second-order valence-electron chi connectivity index (χ2n) is 11.0. The summed E-state index contributed by atoms with van der Waals surface area (Å²) in [4.78, 5) is 6.30. The molecule has 0 spiro atoms. The van der Waals surface area contributed by atoms with Gasteiger partial charge in [-0.05, 0) is 115 Å². The fourth-order valence-electron chi connectivity index (χ4n) is 5.92. The van der Waals surface area contributed by atoms with E-state index in [0.717, 1.165) is 57.3 Å². The van der Waals surface area contributed by atoms with Crippen molar-refractivity contribution in [2.75, 3.05) is 59.7 Å². The van der Waals surface area contributed by atoms with Crippen molar-refractivity contribution in [1.29, 1.82) is 0 Å². The van der Waals surface area contributed by atoms with Crippen LogP contribution in [0.2, 0.25) is 0 Å². The van der Waals surface area contributed by atoms with Gasteiger partial charge in [-0.25, -0.2) is 0 Å². The largest absolute Gasteiger partial charge is 0.497 e. The van der Waals surface area contributed by atoms with Crippen LogP contribution in [0.3, 0.4) is 0 Å². The molecular formula is C34H40N2O3S. The van der Waals surface area contributed by atoms with Crippen LogP contribution >= 0.6 is 11.3 Å². The molecule has 3 heterocycles. The van der Waals surface area contributed by atoms with E-state index < -0.39 is 0 Å². The maximum Gasteiger partial charge on any atom is 0.120 e. The predicted octanol–water partition coefficient (Wildman–Crippen LogP) is 6.78. The highest BCUT2D eigenvalue weighted by molar-refractivity contribution is 7.22. The first-order valence-electron chi connectivity index (χ1n) is 14.6. The van der Waals surface area contributed by atoms with Gasteiger partial charge in [-0.3, -0.25) is 9.80 Å². The summed E-state index contributed by atoms with van der Waals surface area (Å²) >= 11 is 1.85. The van der Waals surface area contributed by atoms with Gasteiger partial charge in [-0.2, -0.15) is 0 Å². The van der Waals surface area contributed by atoms with Crippen LogP contribution in [0.15, 0.2) is 60.7 Å². The maximum absolute atomic E-state index is 6.09. The fourth-order valence-corrected chi connectivity index (χ4v) is 7.17. The van der Waals surface area contributed by atoms with E-state index in [1.54, 1.807) is 7.11 Å². The second-order valence-corrected chi connectivity index (χ2v) is 12.1. The van der Waals surface area contributed by atoms with E-state index in [9.17, 15) is 0 Å². The Morgan fingerprint density at radius 1 is 0.850 bits per heavy atom. The molecule has 2 fully saturated rings. The molecule has 0 saturated carbocycles. The van der Waals surface area contributed by atoms with Gasteiger partial charge in [0.05, 0.1) is 20.3 Å². The van der Waals surface area contributed by atoms with E-state index in [2.05, 4.69) is 77.4 Å². The lowest BCUT2D eigenvalue weighted by Gasteiger charge is -2.26. The topological polar surface area (TPSA) is 34.2 Å². The average Bonchev–Trinajstić information content (AvgIpc) is 3.63. The van der Waals surface area contributed by atoms with Crippen LogP contribution in [0.4, 0.5) is 0 Å². The Labute approximate surface area is 242 Å². The summed E-state index contributed by atoms with van der Waals surface area (Å²) in [5.41, 5.74) is 6.83. The van der Waals surface area contributed by atoms with Crippen LogP contribution < -0.4 is 9.47 Å². The zero-order valence-electron chi connectivity index (χ0n) is 23.8. The number of benzene rings is 3. The van der Waals surface area contributed by atoms with Crippen LogP contribution in [-0.2, 0) is 17.7 Å². The first kappa shape index (κ1) is 27.3. The van der Waals surface area contributed by atoms with Gasteiger partial charge in [0.15, 0.2) is 0 Å². The zero-order chi connectivity index (χ0) is 27.3. The number of hydrogen-bond donors (Lipinski definition) is 0. The quantitative estimate of drug-likeness (QED) is 0.215. The summed E-state index contributed by atoms with van der Waals surface area (Å²) in [6.07, 6.45) is 3.57. The highest BCUT2D eigenvalue weighted by Gasteiger charge is 2.17. The molecule has 0 N–H and O–H groups in total. The SMILES string of the molecule is COc1ccc2c(Cc3ccc(CN4CCCC4)c(C)c3)c(-c3ccc(OCCN4CCOCC4)cc3)sc2c1. The van der Waals surface area contributed by atoms with Crippen molar-refractivity contribution in [3.63, 3.8) is 0 Å². The molecular weight excluding hydrogens is 516 g/mol.